The van der Waals surface area contributed by atoms with Crippen LogP contribution in [0.15, 0.2) is 41.1 Å². The van der Waals surface area contributed by atoms with Crippen LogP contribution >= 0.6 is 0 Å². The molecule has 6 nitrogen and oxygen atoms in total. The largest absolute Gasteiger partial charge is 0.423 e. The second kappa shape index (κ2) is 4.64. The third-order valence-corrected chi connectivity index (χ3v) is 2.80. The number of nitrogens with zero attached hydrogens (tertiary/aromatic N) is 3. The van der Waals surface area contributed by atoms with Gasteiger partial charge in [0.1, 0.15) is 5.52 Å². The van der Waals surface area contributed by atoms with Gasteiger partial charge in [-0.3, -0.25) is 4.68 Å². The van der Waals surface area contributed by atoms with Crippen molar-refractivity contribution < 1.29 is 4.42 Å². The second-order valence-electron chi connectivity index (χ2n) is 4.52. The summed E-state index contributed by atoms with van der Waals surface area (Å²) >= 11 is 0. The van der Waals surface area contributed by atoms with Crippen LogP contribution < -0.4 is 11.1 Å². The lowest BCUT2D eigenvalue weighted by Crippen LogP contribution is -2.22. The molecule has 0 saturated carbocycles. The van der Waals surface area contributed by atoms with Crippen LogP contribution in [0.5, 0.6) is 0 Å². The number of fused-ring (bicyclic) bond motifs is 1. The number of nitrogen functional groups attached to an aromatic ring is 1. The summed E-state index contributed by atoms with van der Waals surface area (Å²) in [4.78, 5) is 4.36. The Hall–Kier alpha value is -2.50. The zero-order chi connectivity index (χ0) is 13.2. The number of rotatable bonds is 4. The fourth-order valence-electron chi connectivity index (χ4n) is 1.95. The molecule has 0 fully saturated rings. The second-order valence-corrected chi connectivity index (χ2v) is 4.52. The summed E-state index contributed by atoms with van der Waals surface area (Å²) in [6.45, 7) is 2.79. The first-order valence-electron chi connectivity index (χ1n) is 6.11. The molecule has 1 atom stereocenters. The normalized spacial score (nSPS) is 12.7. The summed E-state index contributed by atoms with van der Waals surface area (Å²) in [7, 11) is 0. The van der Waals surface area contributed by atoms with E-state index in [0.29, 0.717) is 17.3 Å². The summed E-state index contributed by atoms with van der Waals surface area (Å²) in [6, 6.07) is 7.98. The topological polar surface area (TPSA) is 81.9 Å². The maximum Gasteiger partial charge on any atom is 0.295 e. The molecule has 2 aromatic heterocycles. The van der Waals surface area contributed by atoms with Crippen LogP contribution in [0.1, 0.15) is 6.92 Å². The maximum atomic E-state index is 5.70. The Morgan fingerprint density at radius 3 is 3.16 bits per heavy atom. The number of anilines is 2. The van der Waals surface area contributed by atoms with E-state index in [0.717, 1.165) is 12.1 Å². The molecule has 0 bridgehead atoms. The molecule has 6 heteroatoms. The van der Waals surface area contributed by atoms with Gasteiger partial charge in [-0.1, -0.05) is 0 Å². The van der Waals surface area contributed by atoms with Crippen LogP contribution in [0.4, 0.5) is 11.7 Å². The zero-order valence-electron chi connectivity index (χ0n) is 10.6. The van der Waals surface area contributed by atoms with Gasteiger partial charge in [0.2, 0.25) is 0 Å². The monoisotopic (exact) mass is 257 g/mol. The molecule has 0 aliphatic heterocycles. The van der Waals surface area contributed by atoms with Crippen molar-refractivity contribution in [2.75, 3.05) is 11.1 Å². The molecule has 1 aromatic carbocycles. The third kappa shape index (κ3) is 2.52. The van der Waals surface area contributed by atoms with Gasteiger partial charge in [-0.05, 0) is 25.1 Å². The van der Waals surface area contributed by atoms with Gasteiger partial charge >= 0.3 is 0 Å². The van der Waals surface area contributed by atoms with Crippen LogP contribution in [-0.2, 0) is 6.54 Å². The Balaban J connectivity index is 1.74. The van der Waals surface area contributed by atoms with Gasteiger partial charge in [-0.25, -0.2) is 0 Å². The molecule has 3 N–H and O–H groups in total. The predicted molar refractivity (Wildman–Crippen MR) is 73.7 cm³/mol. The molecule has 0 radical (unpaired) electrons. The minimum Gasteiger partial charge on any atom is -0.423 e. The van der Waals surface area contributed by atoms with E-state index < -0.39 is 0 Å². The maximum absolute atomic E-state index is 5.70. The van der Waals surface area contributed by atoms with Gasteiger partial charge in [0.15, 0.2) is 5.58 Å². The van der Waals surface area contributed by atoms with E-state index in [1.807, 2.05) is 36.0 Å². The SMILES string of the molecule is CC(Cn1cccn1)Nc1nc2ccc(N)cc2o1. The van der Waals surface area contributed by atoms with Crippen LogP contribution in [0.2, 0.25) is 0 Å². The lowest BCUT2D eigenvalue weighted by Gasteiger charge is -2.11. The highest BCUT2D eigenvalue weighted by Crippen LogP contribution is 2.21. The van der Waals surface area contributed by atoms with Crippen molar-refractivity contribution in [3.63, 3.8) is 0 Å². The molecule has 0 saturated heterocycles. The first kappa shape index (κ1) is 11.6. The first-order valence-corrected chi connectivity index (χ1v) is 6.11. The standard InChI is InChI=1S/C13H15N5O/c1-9(8-18-6-2-5-15-18)16-13-17-11-4-3-10(14)7-12(11)19-13/h2-7,9H,8,14H2,1H3,(H,16,17). The van der Waals surface area contributed by atoms with Crippen LogP contribution in [0.3, 0.4) is 0 Å². The molecule has 1 unspecified atom stereocenters. The molecule has 0 aliphatic carbocycles. The minimum absolute atomic E-state index is 0.158. The van der Waals surface area contributed by atoms with Gasteiger partial charge in [0, 0.05) is 30.2 Å². The Bertz CT molecular complexity index is 673. The molecule has 0 aliphatic rings. The van der Waals surface area contributed by atoms with Crippen molar-refractivity contribution in [2.24, 2.45) is 0 Å². The average Bonchev–Trinajstić information content (AvgIpc) is 2.97. The number of hydrogen-bond acceptors (Lipinski definition) is 5. The predicted octanol–water partition coefficient (Wildman–Crippen LogP) is 2.11. The van der Waals surface area contributed by atoms with E-state index in [-0.39, 0.29) is 6.04 Å². The van der Waals surface area contributed by atoms with E-state index in [1.165, 1.54) is 0 Å². The quantitative estimate of drug-likeness (QED) is 0.699. The van der Waals surface area contributed by atoms with Crippen LogP contribution in [0.25, 0.3) is 11.1 Å². The molecule has 19 heavy (non-hydrogen) atoms. The van der Waals surface area contributed by atoms with E-state index in [4.69, 9.17) is 10.2 Å². The Morgan fingerprint density at radius 1 is 1.47 bits per heavy atom. The smallest absolute Gasteiger partial charge is 0.295 e. The number of nitrogens with two attached hydrogens (primary N) is 1. The van der Waals surface area contributed by atoms with Crippen molar-refractivity contribution in [3.8, 4) is 0 Å². The molecule has 0 amide bonds. The van der Waals surface area contributed by atoms with Crippen LogP contribution in [-0.4, -0.2) is 20.8 Å². The number of nitrogens with one attached hydrogen (secondary N) is 1. The Morgan fingerprint density at radius 2 is 2.37 bits per heavy atom. The molecule has 2 heterocycles. The molecule has 3 rings (SSSR count). The number of aromatic nitrogens is 3. The molecule has 98 valence electrons. The highest BCUT2D eigenvalue weighted by molar-refractivity contribution is 5.78. The number of hydrogen-bond donors (Lipinski definition) is 2. The third-order valence-electron chi connectivity index (χ3n) is 2.80. The minimum atomic E-state index is 0.158. The van der Waals surface area contributed by atoms with Gasteiger partial charge < -0.3 is 15.5 Å². The summed E-state index contributed by atoms with van der Waals surface area (Å²) in [5.41, 5.74) is 7.85. The number of oxazole rings is 1. The molecular weight excluding hydrogens is 242 g/mol. The summed E-state index contributed by atoms with van der Waals surface area (Å²) in [5, 5.41) is 7.37. The summed E-state index contributed by atoms with van der Waals surface area (Å²) < 4.78 is 7.47. The van der Waals surface area contributed by atoms with E-state index >= 15 is 0 Å². The first-order chi connectivity index (χ1) is 9.20. The van der Waals surface area contributed by atoms with E-state index in [1.54, 1.807) is 12.3 Å². The fraction of sp³-hybridized carbons (Fsp3) is 0.231. The lowest BCUT2D eigenvalue weighted by atomic mass is 10.3. The Labute approximate surface area is 110 Å². The zero-order valence-corrected chi connectivity index (χ0v) is 10.6. The van der Waals surface area contributed by atoms with E-state index in [9.17, 15) is 0 Å². The van der Waals surface area contributed by atoms with Gasteiger partial charge in [0.25, 0.3) is 6.01 Å². The fourth-order valence-corrected chi connectivity index (χ4v) is 1.95. The van der Waals surface area contributed by atoms with Gasteiger partial charge in [-0.2, -0.15) is 10.1 Å². The molecular formula is C13H15N5O. The van der Waals surface area contributed by atoms with Crippen molar-refractivity contribution >= 4 is 22.8 Å². The highest BCUT2D eigenvalue weighted by Gasteiger charge is 2.09. The van der Waals surface area contributed by atoms with Gasteiger partial charge in [-0.15, -0.1) is 0 Å². The van der Waals surface area contributed by atoms with Crippen LogP contribution in [0, 0.1) is 0 Å². The van der Waals surface area contributed by atoms with Crippen molar-refractivity contribution in [3.05, 3.63) is 36.7 Å². The summed E-state index contributed by atoms with van der Waals surface area (Å²) in [5.74, 6) is 0. The molecule has 0 spiro atoms. The van der Waals surface area contributed by atoms with Crippen molar-refractivity contribution in [2.45, 2.75) is 19.5 Å². The van der Waals surface area contributed by atoms with Crippen molar-refractivity contribution in [1.29, 1.82) is 0 Å². The number of benzene rings is 1. The van der Waals surface area contributed by atoms with E-state index in [2.05, 4.69) is 15.4 Å². The van der Waals surface area contributed by atoms with Crippen molar-refractivity contribution in [1.82, 2.24) is 14.8 Å². The Kier molecular flexibility index (Phi) is 2.83. The summed E-state index contributed by atoms with van der Waals surface area (Å²) in [6.07, 6.45) is 3.68. The lowest BCUT2D eigenvalue weighted by molar-refractivity contribution is 0.535. The molecule has 3 aromatic rings. The van der Waals surface area contributed by atoms with Gasteiger partial charge in [0.05, 0.1) is 6.54 Å². The highest BCUT2D eigenvalue weighted by atomic mass is 16.4. The average molecular weight is 257 g/mol.